The fraction of sp³-hybridized carbons (Fsp3) is 0.667. The summed E-state index contributed by atoms with van der Waals surface area (Å²) in [7, 11) is 1.52. The number of rotatable bonds is 6. The first-order valence-electron chi connectivity index (χ1n) is 4.78. The third kappa shape index (κ3) is 3.83. The van der Waals surface area contributed by atoms with Gasteiger partial charge < -0.3 is 14.6 Å². The maximum absolute atomic E-state index is 12.1. The number of oxazole rings is 1. The number of anilines is 1. The van der Waals surface area contributed by atoms with Gasteiger partial charge in [-0.2, -0.15) is 4.98 Å². The number of hydrogen-bond donors (Lipinski definition) is 1. The lowest BCUT2D eigenvalue weighted by molar-refractivity contribution is 0.155. The second-order valence-electron chi connectivity index (χ2n) is 3.17. The topological polar surface area (TPSA) is 41.3 Å². The van der Waals surface area contributed by atoms with Crippen LogP contribution in [0.5, 0.6) is 0 Å². The van der Waals surface area contributed by atoms with E-state index in [0.717, 1.165) is 6.54 Å². The van der Waals surface area contributed by atoms with Crippen molar-refractivity contribution in [1.82, 2.24) is 10.3 Å². The van der Waals surface area contributed by atoms with Gasteiger partial charge in [-0.3, -0.25) is 0 Å². The number of aromatic nitrogens is 1. The van der Waals surface area contributed by atoms with E-state index in [-0.39, 0.29) is 12.6 Å². The van der Waals surface area contributed by atoms with Crippen LogP contribution in [-0.2, 0) is 6.54 Å². The number of alkyl halides is 2. The molecule has 0 aliphatic carbocycles. The number of halogens is 2. The zero-order valence-corrected chi connectivity index (χ0v) is 8.83. The molecule has 0 atom stereocenters. The minimum absolute atomic E-state index is 0.225. The Morgan fingerprint density at radius 2 is 2.33 bits per heavy atom. The van der Waals surface area contributed by atoms with Crippen molar-refractivity contribution in [2.75, 3.05) is 25.0 Å². The van der Waals surface area contributed by atoms with Gasteiger partial charge in [0.2, 0.25) is 0 Å². The molecule has 0 bridgehead atoms. The van der Waals surface area contributed by atoms with Gasteiger partial charge in [-0.25, -0.2) is 8.78 Å². The number of hydrogen-bond acceptors (Lipinski definition) is 4. The molecular formula is C9H15F2N3O. The van der Waals surface area contributed by atoms with Crippen molar-refractivity contribution in [2.24, 2.45) is 0 Å². The van der Waals surface area contributed by atoms with Crippen LogP contribution in [0, 0.1) is 0 Å². The SMILES string of the molecule is CCNCc1coc(N(C)CC(F)F)n1. The molecule has 0 radical (unpaired) electrons. The highest BCUT2D eigenvalue weighted by atomic mass is 19.3. The first-order valence-corrected chi connectivity index (χ1v) is 4.78. The van der Waals surface area contributed by atoms with Gasteiger partial charge in [0.05, 0.1) is 12.2 Å². The van der Waals surface area contributed by atoms with Crippen molar-refractivity contribution in [3.63, 3.8) is 0 Å². The van der Waals surface area contributed by atoms with Crippen molar-refractivity contribution >= 4 is 6.01 Å². The van der Waals surface area contributed by atoms with E-state index < -0.39 is 6.43 Å². The second kappa shape index (κ2) is 5.65. The molecule has 1 aromatic rings. The summed E-state index contributed by atoms with van der Waals surface area (Å²) in [5.41, 5.74) is 0.716. The second-order valence-corrected chi connectivity index (χ2v) is 3.17. The molecule has 1 rings (SSSR count). The van der Waals surface area contributed by atoms with Crippen LogP contribution in [0.25, 0.3) is 0 Å². The van der Waals surface area contributed by atoms with Gasteiger partial charge in [0.25, 0.3) is 12.4 Å². The third-order valence-electron chi connectivity index (χ3n) is 1.83. The van der Waals surface area contributed by atoms with Gasteiger partial charge in [0, 0.05) is 13.6 Å². The highest BCUT2D eigenvalue weighted by Crippen LogP contribution is 2.12. The van der Waals surface area contributed by atoms with E-state index in [2.05, 4.69) is 10.3 Å². The Bertz CT molecular complexity index is 291. The van der Waals surface area contributed by atoms with Crippen LogP contribution in [0.2, 0.25) is 0 Å². The molecule has 4 nitrogen and oxygen atoms in total. The van der Waals surface area contributed by atoms with Crippen LogP contribution in [-0.4, -0.2) is 31.5 Å². The molecule has 0 amide bonds. The molecule has 0 fully saturated rings. The van der Waals surface area contributed by atoms with E-state index in [4.69, 9.17) is 4.42 Å². The van der Waals surface area contributed by atoms with Crippen molar-refractivity contribution in [3.05, 3.63) is 12.0 Å². The molecule has 0 aliphatic rings. The van der Waals surface area contributed by atoms with Gasteiger partial charge >= 0.3 is 0 Å². The minimum Gasteiger partial charge on any atom is -0.432 e. The molecule has 0 spiro atoms. The van der Waals surface area contributed by atoms with Crippen LogP contribution in [0.4, 0.5) is 14.8 Å². The van der Waals surface area contributed by atoms with Crippen LogP contribution < -0.4 is 10.2 Å². The van der Waals surface area contributed by atoms with E-state index in [1.54, 1.807) is 0 Å². The van der Waals surface area contributed by atoms with Crippen molar-refractivity contribution in [2.45, 2.75) is 19.9 Å². The van der Waals surface area contributed by atoms with Crippen LogP contribution >= 0.6 is 0 Å². The molecule has 0 aromatic carbocycles. The van der Waals surface area contributed by atoms with E-state index >= 15 is 0 Å². The highest BCUT2D eigenvalue weighted by molar-refractivity contribution is 5.25. The summed E-state index contributed by atoms with van der Waals surface area (Å²) in [6.07, 6.45) is -0.918. The molecular weight excluding hydrogens is 204 g/mol. The van der Waals surface area contributed by atoms with Gasteiger partial charge in [-0.1, -0.05) is 6.92 Å². The lowest BCUT2D eigenvalue weighted by atomic mass is 10.5. The lowest BCUT2D eigenvalue weighted by Gasteiger charge is -2.12. The summed E-state index contributed by atoms with van der Waals surface area (Å²) in [6, 6.07) is 0.225. The molecule has 0 unspecified atom stereocenters. The zero-order valence-electron chi connectivity index (χ0n) is 8.83. The van der Waals surface area contributed by atoms with Gasteiger partial charge in [-0.15, -0.1) is 0 Å². The Morgan fingerprint density at radius 3 is 2.93 bits per heavy atom. The minimum atomic E-state index is -2.39. The summed E-state index contributed by atoms with van der Waals surface area (Å²) in [5, 5.41) is 3.07. The molecule has 0 aliphatic heterocycles. The monoisotopic (exact) mass is 219 g/mol. The zero-order chi connectivity index (χ0) is 11.3. The average molecular weight is 219 g/mol. The Kier molecular flexibility index (Phi) is 4.48. The molecule has 1 aromatic heterocycles. The van der Waals surface area contributed by atoms with Crippen molar-refractivity contribution in [3.8, 4) is 0 Å². The van der Waals surface area contributed by atoms with E-state index in [9.17, 15) is 8.78 Å². The quantitative estimate of drug-likeness (QED) is 0.787. The summed E-state index contributed by atoms with van der Waals surface area (Å²) < 4.78 is 29.2. The third-order valence-corrected chi connectivity index (χ3v) is 1.83. The maximum atomic E-state index is 12.1. The van der Waals surface area contributed by atoms with Crippen LogP contribution in [0.1, 0.15) is 12.6 Å². The van der Waals surface area contributed by atoms with Crippen molar-refractivity contribution < 1.29 is 13.2 Å². The Morgan fingerprint density at radius 1 is 1.60 bits per heavy atom. The van der Waals surface area contributed by atoms with E-state index in [1.165, 1.54) is 18.2 Å². The summed E-state index contributed by atoms with van der Waals surface area (Å²) >= 11 is 0. The fourth-order valence-electron chi connectivity index (χ4n) is 1.09. The molecule has 15 heavy (non-hydrogen) atoms. The average Bonchev–Trinajstić information content (AvgIpc) is 2.62. The molecule has 6 heteroatoms. The Labute approximate surface area is 87.3 Å². The summed E-state index contributed by atoms with van der Waals surface area (Å²) in [4.78, 5) is 5.36. The standard InChI is InChI=1S/C9H15F2N3O/c1-3-12-4-7-6-15-9(13-7)14(2)5-8(10)11/h6,8,12H,3-5H2,1-2H3. The molecule has 1 N–H and O–H groups in total. The van der Waals surface area contributed by atoms with Crippen molar-refractivity contribution in [1.29, 1.82) is 0 Å². The summed E-state index contributed by atoms with van der Waals surface area (Å²) in [6.45, 7) is 3.02. The van der Waals surface area contributed by atoms with Crippen LogP contribution in [0.3, 0.4) is 0 Å². The molecule has 0 saturated carbocycles. The fourth-order valence-corrected chi connectivity index (χ4v) is 1.09. The normalized spacial score (nSPS) is 11.0. The number of nitrogens with one attached hydrogen (secondary N) is 1. The van der Waals surface area contributed by atoms with Crippen LogP contribution in [0.15, 0.2) is 10.7 Å². The predicted molar refractivity (Wildman–Crippen MR) is 53.2 cm³/mol. The van der Waals surface area contributed by atoms with E-state index in [0.29, 0.717) is 12.2 Å². The van der Waals surface area contributed by atoms with Gasteiger partial charge in [0.1, 0.15) is 6.26 Å². The van der Waals surface area contributed by atoms with E-state index in [1.807, 2.05) is 6.92 Å². The molecule has 1 heterocycles. The molecule has 0 saturated heterocycles. The largest absolute Gasteiger partial charge is 0.432 e. The highest BCUT2D eigenvalue weighted by Gasteiger charge is 2.13. The Balaban J connectivity index is 2.51. The smallest absolute Gasteiger partial charge is 0.297 e. The van der Waals surface area contributed by atoms with Gasteiger partial charge in [0.15, 0.2) is 0 Å². The Hall–Kier alpha value is -1.17. The first-order chi connectivity index (χ1) is 7.13. The maximum Gasteiger partial charge on any atom is 0.297 e. The van der Waals surface area contributed by atoms with Gasteiger partial charge in [-0.05, 0) is 6.54 Å². The summed E-state index contributed by atoms with van der Waals surface area (Å²) in [5.74, 6) is 0. The lowest BCUT2D eigenvalue weighted by Crippen LogP contribution is -2.24. The first kappa shape index (κ1) is 11.9. The predicted octanol–water partition coefficient (Wildman–Crippen LogP) is 1.49. The molecule has 86 valence electrons. The number of nitrogens with zero attached hydrogens (tertiary/aromatic N) is 2.